The van der Waals surface area contributed by atoms with Gasteiger partial charge >= 0.3 is 6.03 Å². The van der Waals surface area contributed by atoms with E-state index < -0.39 is 0 Å². The van der Waals surface area contributed by atoms with Gasteiger partial charge in [-0.3, -0.25) is 0 Å². The van der Waals surface area contributed by atoms with Crippen LogP contribution in [-0.2, 0) is 0 Å². The van der Waals surface area contributed by atoms with E-state index in [1.807, 2.05) is 24.3 Å². The summed E-state index contributed by atoms with van der Waals surface area (Å²) < 4.78 is 1.60. The van der Waals surface area contributed by atoms with Crippen LogP contribution in [-0.4, -0.2) is 20.8 Å². The Balaban J connectivity index is 1.71. The molecular weight excluding hydrogens is 302 g/mol. The van der Waals surface area contributed by atoms with Gasteiger partial charge < -0.3 is 10.6 Å². The number of pyridine rings is 1. The third kappa shape index (κ3) is 3.60. The van der Waals surface area contributed by atoms with E-state index in [1.165, 1.54) is 5.56 Å². The number of carbonyl (C=O) groups excluding carboxylic acids is 1. The zero-order chi connectivity index (χ0) is 16.9. The summed E-state index contributed by atoms with van der Waals surface area (Å²) >= 11 is 0. The number of carbonyl (C=O) groups is 1. The molecule has 0 aliphatic carbocycles. The normalized spacial score (nSPS) is 10.6. The molecule has 3 aromatic rings. The van der Waals surface area contributed by atoms with Crippen LogP contribution in [0.2, 0.25) is 0 Å². The number of hydrogen-bond acceptors (Lipinski definition) is 3. The number of amides is 2. The van der Waals surface area contributed by atoms with Gasteiger partial charge in [0, 0.05) is 24.3 Å². The summed E-state index contributed by atoms with van der Waals surface area (Å²) in [6.07, 6.45) is 5.09. The maximum absolute atomic E-state index is 12.2. The summed E-state index contributed by atoms with van der Waals surface area (Å²) in [4.78, 5) is 16.5. The Bertz CT molecular complexity index is 810. The second-order valence-electron chi connectivity index (χ2n) is 5.68. The van der Waals surface area contributed by atoms with E-state index in [-0.39, 0.29) is 6.03 Å². The number of aromatic nitrogens is 3. The molecule has 2 amide bonds. The highest BCUT2D eigenvalue weighted by Crippen LogP contribution is 2.19. The number of hydrogen-bond donors (Lipinski definition) is 2. The molecule has 0 spiro atoms. The Morgan fingerprint density at radius 3 is 2.50 bits per heavy atom. The number of benzene rings is 1. The number of nitrogens with one attached hydrogen (secondary N) is 2. The standard InChI is InChI=1S/C18H19N5O/c1-13(2)14-6-8-15(9-7-14)21-18(24)22-16-5-3-10-19-17(16)23-12-4-11-20-23/h3-13H,1-2H3,(H2,21,22,24). The van der Waals surface area contributed by atoms with E-state index in [0.29, 0.717) is 17.4 Å². The topological polar surface area (TPSA) is 71.8 Å². The van der Waals surface area contributed by atoms with Crippen molar-refractivity contribution in [2.45, 2.75) is 19.8 Å². The second kappa shape index (κ2) is 6.95. The Morgan fingerprint density at radius 2 is 1.83 bits per heavy atom. The van der Waals surface area contributed by atoms with Crippen molar-refractivity contribution in [1.29, 1.82) is 0 Å². The van der Waals surface area contributed by atoms with Gasteiger partial charge in [0.25, 0.3) is 0 Å². The van der Waals surface area contributed by atoms with E-state index in [2.05, 4.69) is 34.6 Å². The van der Waals surface area contributed by atoms with E-state index in [1.54, 1.807) is 41.5 Å². The van der Waals surface area contributed by atoms with Gasteiger partial charge in [0.15, 0.2) is 5.82 Å². The Hall–Kier alpha value is -3.15. The van der Waals surface area contributed by atoms with Gasteiger partial charge in [0.2, 0.25) is 0 Å². The summed E-state index contributed by atoms with van der Waals surface area (Å²) in [7, 11) is 0. The SMILES string of the molecule is CC(C)c1ccc(NC(=O)Nc2cccnc2-n2cccn2)cc1. The number of anilines is 2. The summed E-state index contributed by atoms with van der Waals surface area (Å²) in [5.74, 6) is 1.02. The summed E-state index contributed by atoms with van der Waals surface area (Å²) in [5.41, 5.74) is 2.55. The third-order valence-electron chi connectivity index (χ3n) is 3.59. The van der Waals surface area contributed by atoms with Crippen LogP contribution in [0.25, 0.3) is 5.82 Å². The highest BCUT2D eigenvalue weighted by molar-refractivity contribution is 6.00. The highest BCUT2D eigenvalue weighted by atomic mass is 16.2. The van der Waals surface area contributed by atoms with Gasteiger partial charge in [0.1, 0.15) is 0 Å². The molecule has 0 saturated carbocycles. The lowest BCUT2D eigenvalue weighted by molar-refractivity contribution is 0.262. The fourth-order valence-corrected chi connectivity index (χ4v) is 2.31. The zero-order valence-electron chi connectivity index (χ0n) is 13.6. The van der Waals surface area contributed by atoms with Gasteiger partial charge in [-0.15, -0.1) is 0 Å². The number of nitrogens with zero attached hydrogens (tertiary/aromatic N) is 3. The molecule has 0 saturated heterocycles. The van der Waals surface area contributed by atoms with Crippen molar-refractivity contribution in [1.82, 2.24) is 14.8 Å². The number of urea groups is 1. The molecule has 122 valence electrons. The van der Waals surface area contributed by atoms with Crippen molar-refractivity contribution in [3.63, 3.8) is 0 Å². The molecule has 24 heavy (non-hydrogen) atoms. The first-order chi connectivity index (χ1) is 11.6. The van der Waals surface area contributed by atoms with E-state index >= 15 is 0 Å². The van der Waals surface area contributed by atoms with Crippen LogP contribution in [0.5, 0.6) is 0 Å². The average molecular weight is 321 g/mol. The minimum atomic E-state index is -0.325. The molecule has 2 N–H and O–H groups in total. The van der Waals surface area contributed by atoms with Gasteiger partial charge in [-0.1, -0.05) is 26.0 Å². The molecule has 6 nitrogen and oxygen atoms in total. The molecule has 2 aromatic heterocycles. The molecule has 6 heteroatoms. The average Bonchev–Trinajstić information content (AvgIpc) is 3.10. The summed E-state index contributed by atoms with van der Waals surface area (Å²) in [6, 6.07) is 12.8. The summed E-state index contributed by atoms with van der Waals surface area (Å²) in [6.45, 7) is 4.27. The van der Waals surface area contributed by atoms with Gasteiger partial charge in [-0.2, -0.15) is 5.10 Å². The van der Waals surface area contributed by atoms with E-state index in [9.17, 15) is 4.79 Å². The van der Waals surface area contributed by atoms with Crippen LogP contribution in [0.4, 0.5) is 16.2 Å². The lowest BCUT2D eigenvalue weighted by atomic mass is 10.0. The molecular formula is C18H19N5O. The fourth-order valence-electron chi connectivity index (χ4n) is 2.31. The van der Waals surface area contributed by atoms with Crippen LogP contribution in [0.3, 0.4) is 0 Å². The molecule has 0 unspecified atom stereocenters. The molecule has 3 rings (SSSR count). The van der Waals surface area contributed by atoms with Crippen molar-refractivity contribution in [2.24, 2.45) is 0 Å². The van der Waals surface area contributed by atoms with Crippen LogP contribution >= 0.6 is 0 Å². The van der Waals surface area contributed by atoms with Crippen molar-refractivity contribution in [3.8, 4) is 5.82 Å². The minimum Gasteiger partial charge on any atom is -0.308 e. The first-order valence-corrected chi connectivity index (χ1v) is 7.76. The second-order valence-corrected chi connectivity index (χ2v) is 5.68. The lowest BCUT2D eigenvalue weighted by Gasteiger charge is -2.12. The first kappa shape index (κ1) is 15.7. The first-order valence-electron chi connectivity index (χ1n) is 7.76. The van der Waals surface area contributed by atoms with Gasteiger partial charge in [-0.05, 0) is 41.8 Å². The van der Waals surface area contributed by atoms with Gasteiger partial charge in [0.05, 0.1) is 5.69 Å². The maximum Gasteiger partial charge on any atom is 0.323 e. The molecule has 0 fully saturated rings. The predicted molar refractivity (Wildman–Crippen MR) is 94.5 cm³/mol. The molecule has 0 atom stereocenters. The molecule has 0 radical (unpaired) electrons. The quantitative estimate of drug-likeness (QED) is 0.762. The molecule has 0 bridgehead atoms. The van der Waals surface area contributed by atoms with Crippen molar-refractivity contribution >= 4 is 17.4 Å². The zero-order valence-corrected chi connectivity index (χ0v) is 13.6. The fraction of sp³-hybridized carbons (Fsp3) is 0.167. The predicted octanol–water partition coefficient (Wildman–Crippen LogP) is 4.03. The molecule has 0 aliphatic heterocycles. The van der Waals surface area contributed by atoms with Crippen LogP contribution in [0, 0.1) is 0 Å². The van der Waals surface area contributed by atoms with Crippen molar-refractivity contribution < 1.29 is 4.79 Å². The molecule has 1 aromatic carbocycles. The Labute approximate surface area is 140 Å². The van der Waals surface area contributed by atoms with Gasteiger partial charge in [-0.25, -0.2) is 14.5 Å². The van der Waals surface area contributed by atoms with Crippen molar-refractivity contribution in [3.05, 3.63) is 66.6 Å². The lowest BCUT2D eigenvalue weighted by Crippen LogP contribution is -2.20. The Morgan fingerprint density at radius 1 is 1.04 bits per heavy atom. The maximum atomic E-state index is 12.2. The van der Waals surface area contributed by atoms with Crippen LogP contribution in [0.1, 0.15) is 25.3 Å². The van der Waals surface area contributed by atoms with E-state index in [4.69, 9.17) is 0 Å². The van der Waals surface area contributed by atoms with E-state index in [0.717, 1.165) is 5.69 Å². The van der Waals surface area contributed by atoms with Crippen molar-refractivity contribution in [2.75, 3.05) is 10.6 Å². The third-order valence-corrected chi connectivity index (χ3v) is 3.59. The highest BCUT2D eigenvalue weighted by Gasteiger charge is 2.10. The monoisotopic (exact) mass is 321 g/mol. The number of rotatable bonds is 4. The largest absolute Gasteiger partial charge is 0.323 e. The van der Waals surface area contributed by atoms with Crippen LogP contribution < -0.4 is 10.6 Å². The minimum absolute atomic E-state index is 0.325. The Kier molecular flexibility index (Phi) is 4.56. The summed E-state index contributed by atoms with van der Waals surface area (Å²) in [5, 5.41) is 9.78. The van der Waals surface area contributed by atoms with Crippen LogP contribution in [0.15, 0.2) is 61.1 Å². The smallest absolute Gasteiger partial charge is 0.308 e. The molecule has 0 aliphatic rings. The molecule has 2 heterocycles.